The second kappa shape index (κ2) is 14.9. The predicted molar refractivity (Wildman–Crippen MR) is 162 cm³/mol. The van der Waals surface area contributed by atoms with E-state index < -0.39 is 29.8 Å². The lowest BCUT2D eigenvalue weighted by Gasteiger charge is -2.27. The number of aryl methyl sites for hydroxylation is 1. The van der Waals surface area contributed by atoms with E-state index in [4.69, 9.17) is 9.47 Å². The lowest BCUT2D eigenvalue weighted by atomic mass is 10.0. The molecule has 0 bridgehead atoms. The van der Waals surface area contributed by atoms with Crippen LogP contribution in [-0.4, -0.2) is 74.0 Å². The summed E-state index contributed by atoms with van der Waals surface area (Å²) in [6.45, 7) is 4.67. The first-order chi connectivity index (χ1) is 20.7. The minimum atomic E-state index is -1.21. The van der Waals surface area contributed by atoms with Gasteiger partial charge < -0.3 is 30.3 Å². The highest BCUT2D eigenvalue weighted by Crippen LogP contribution is 2.21. The first kappa shape index (κ1) is 31.1. The van der Waals surface area contributed by atoms with Gasteiger partial charge in [0.1, 0.15) is 36.8 Å². The van der Waals surface area contributed by atoms with Crippen LogP contribution in [0.15, 0.2) is 72.8 Å². The average Bonchev–Trinajstić information content (AvgIpc) is 3.00. The van der Waals surface area contributed by atoms with Gasteiger partial charge in [0.05, 0.1) is 25.1 Å². The van der Waals surface area contributed by atoms with Gasteiger partial charge in [0, 0.05) is 13.5 Å². The number of amides is 4. The van der Waals surface area contributed by atoms with Crippen LogP contribution in [0.4, 0.5) is 0 Å². The number of fused-ring (bicyclic) bond motifs is 1. The molecule has 1 aliphatic heterocycles. The SMILES string of the molecule is Cc1cccc(OCCNC(=O)[C@@H]2CC(=O)N[C@@H](Cc3ccccc3)C(=O)N(C)CCOc3ccccc3C(=O)N2)c1C. The molecular weight excluding hydrogens is 548 g/mol. The Morgan fingerprint density at radius 2 is 1.72 bits per heavy atom. The van der Waals surface area contributed by atoms with Crippen molar-refractivity contribution in [1.82, 2.24) is 20.9 Å². The summed E-state index contributed by atoms with van der Waals surface area (Å²) in [6.07, 6.45) is -0.112. The number of nitrogens with one attached hydrogen (secondary N) is 3. The van der Waals surface area contributed by atoms with Gasteiger partial charge in [0.15, 0.2) is 0 Å². The zero-order chi connectivity index (χ0) is 30.8. The molecule has 1 heterocycles. The molecule has 0 radical (unpaired) electrons. The summed E-state index contributed by atoms with van der Waals surface area (Å²) >= 11 is 0. The molecule has 3 aromatic carbocycles. The molecule has 10 nitrogen and oxygen atoms in total. The van der Waals surface area contributed by atoms with E-state index in [9.17, 15) is 19.2 Å². The number of likely N-dealkylation sites (N-methyl/N-ethyl adjacent to an activating group) is 1. The molecule has 4 amide bonds. The maximum atomic E-state index is 13.4. The second-order valence-corrected chi connectivity index (χ2v) is 10.5. The van der Waals surface area contributed by atoms with Crippen LogP contribution in [0.1, 0.15) is 33.5 Å². The number of rotatable bonds is 7. The molecule has 10 heteroatoms. The van der Waals surface area contributed by atoms with Crippen molar-refractivity contribution in [3.63, 3.8) is 0 Å². The monoisotopic (exact) mass is 586 g/mol. The molecule has 0 aliphatic carbocycles. The first-order valence-corrected chi connectivity index (χ1v) is 14.3. The predicted octanol–water partition coefficient (Wildman–Crippen LogP) is 2.57. The van der Waals surface area contributed by atoms with E-state index in [0.717, 1.165) is 22.4 Å². The zero-order valence-electron chi connectivity index (χ0n) is 24.7. The summed E-state index contributed by atoms with van der Waals surface area (Å²) in [4.78, 5) is 54.8. The summed E-state index contributed by atoms with van der Waals surface area (Å²) in [5, 5.41) is 8.24. The van der Waals surface area contributed by atoms with Crippen molar-refractivity contribution in [1.29, 1.82) is 0 Å². The highest BCUT2D eigenvalue weighted by atomic mass is 16.5. The van der Waals surface area contributed by atoms with Gasteiger partial charge in [-0.1, -0.05) is 54.6 Å². The molecule has 0 saturated heterocycles. The van der Waals surface area contributed by atoms with E-state index in [0.29, 0.717) is 5.75 Å². The van der Waals surface area contributed by atoms with Crippen molar-refractivity contribution >= 4 is 23.6 Å². The van der Waals surface area contributed by atoms with Crippen LogP contribution in [0.25, 0.3) is 0 Å². The number of carbonyl (C=O) groups is 4. The first-order valence-electron chi connectivity index (χ1n) is 14.3. The van der Waals surface area contributed by atoms with E-state index in [1.807, 2.05) is 62.4 Å². The van der Waals surface area contributed by atoms with E-state index in [1.165, 1.54) is 4.90 Å². The molecule has 4 rings (SSSR count). The fraction of sp³-hybridized carbons (Fsp3) is 0.333. The molecule has 43 heavy (non-hydrogen) atoms. The van der Waals surface area contributed by atoms with Crippen LogP contribution >= 0.6 is 0 Å². The van der Waals surface area contributed by atoms with E-state index in [2.05, 4.69) is 16.0 Å². The Morgan fingerprint density at radius 3 is 2.51 bits per heavy atom. The fourth-order valence-corrected chi connectivity index (χ4v) is 4.72. The van der Waals surface area contributed by atoms with E-state index in [1.54, 1.807) is 31.3 Å². The van der Waals surface area contributed by atoms with Crippen molar-refractivity contribution in [2.45, 2.75) is 38.8 Å². The summed E-state index contributed by atoms with van der Waals surface area (Å²) in [7, 11) is 1.64. The maximum absolute atomic E-state index is 13.4. The van der Waals surface area contributed by atoms with Crippen LogP contribution < -0.4 is 25.4 Å². The van der Waals surface area contributed by atoms with Crippen molar-refractivity contribution in [3.05, 3.63) is 95.1 Å². The molecule has 2 atom stereocenters. The van der Waals surface area contributed by atoms with Crippen LogP contribution in [-0.2, 0) is 20.8 Å². The smallest absolute Gasteiger partial charge is 0.255 e. The minimum absolute atomic E-state index is 0.128. The fourth-order valence-electron chi connectivity index (χ4n) is 4.72. The lowest BCUT2D eigenvalue weighted by molar-refractivity contribution is -0.136. The quantitative estimate of drug-likeness (QED) is 0.366. The topological polar surface area (TPSA) is 126 Å². The highest BCUT2D eigenvalue weighted by Gasteiger charge is 2.30. The summed E-state index contributed by atoms with van der Waals surface area (Å²) in [6, 6.07) is 19.6. The number of nitrogens with zero attached hydrogens (tertiary/aromatic N) is 1. The Morgan fingerprint density at radius 1 is 0.977 bits per heavy atom. The largest absolute Gasteiger partial charge is 0.491 e. The molecule has 0 saturated carbocycles. The molecular formula is C33H38N4O6. The standard InChI is InChI=1S/C33H38N4O6/c1-22-10-9-15-28(23(22)2)42-18-16-34-32(40)26-21-30(38)35-27(20-24-11-5-4-6-12-24)33(41)37(3)17-19-43-29-14-8-7-13-25(29)31(39)36-26/h4-15,26-27H,16-21H2,1-3H3,(H,34,40)(H,35,38)(H,36,39)/t26-,27-/m0/s1. The van der Waals surface area contributed by atoms with Crippen molar-refractivity contribution < 1.29 is 28.7 Å². The van der Waals surface area contributed by atoms with E-state index >= 15 is 0 Å². The van der Waals surface area contributed by atoms with Crippen molar-refractivity contribution in [3.8, 4) is 11.5 Å². The van der Waals surface area contributed by atoms with Crippen LogP contribution in [0.5, 0.6) is 11.5 Å². The van der Waals surface area contributed by atoms with Crippen LogP contribution in [0.3, 0.4) is 0 Å². The second-order valence-electron chi connectivity index (χ2n) is 10.5. The van der Waals surface area contributed by atoms with Gasteiger partial charge in [-0.2, -0.15) is 0 Å². The van der Waals surface area contributed by atoms with Gasteiger partial charge in [0.25, 0.3) is 5.91 Å². The van der Waals surface area contributed by atoms with Crippen molar-refractivity contribution in [2.24, 2.45) is 0 Å². The molecule has 226 valence electrons. The molecule has 3 N–H and O–H groups in total. The van der Waals surface area contributed by atoms with Gasteiger partial charge in [0.2, 0.25) is 17.7 Å². The van der Waals surface area contributed by atoms with Gasteiger partial charge >= 0.3 is 0 Å². The summed E-state index contributed by atoms with van der Waals surface area (Å²) in [5.41, 5.74) is 3.18. The number of hydrogen-bond acceptors (Lipinski definition) is 6. The Labute approximate surface area is 251 Å². The average molecular weight is 587 g/mol. The van der Waals surface area contributed by atoms with Gasteiger partial charge in [-0.3, -0.25) is 19.2 Å². The van der Waals surface area contributed by atoms with Crippen LogP contribution in [0.2, 0.25) is 0 Å². The normalized spacial score (nSPS) is 17.9. The highest BCUT2D eigenvalue weighted by molar-refractivity contribution is 6.01. The number of carbonyl (C=O) groups excluding carboxylic acids is 4. The lowest BCUT2D eigenvalue weighted by Crippen LogP contribution is -2.53. The Hall–Kier alpha value is -4.86. The van der Waals surface area contributed by atoms with Gasteiger partial charge in [-0.05, 0) is 48.7 Å². The molecule has 1 aliphatic rings. The Balaban J connectivity index is 1.52. The number of para-hydroxylation sites is 1. The Kier molecular flexibility index (Phi) is 10.7. The maximum Gasteiger partial charge on any atom is 0.255 e. The molecule has 3 aromatic rings. The number of benzene rings is 3. The molecule has 0 fully saturated rings. The van der Waals surface area contributed by atoms with E-state index in [-0.39, 0.29) is 50.6 Å². The zero-order valence-corrected chi connectivity index (χ0v) is 24.7. The molecule has 0 unspecified atom stereocenters. The summed E-state index contributed by atoms with van der Waals surface area (Å²) in [5.74, 6) is -0.921. The third-order valence-electron chi connectivity index (χ3n) is 7.33. The molecule has 0 aromatic heterocycles. The minimum Gasteiger partial charge on any atom is -0.491 e. The number of ether oxygens (including phenoxy) is 2. The summed E-state index contributed by atoms with van der Waals surface area (Å²) < 4.78 is 11.7. The van der Waals surface area contributed by atoms with Crippen molar-refractivity contribution in [2.75, 3.05) is 33.4 Å². The van der Waals surface area contributed by atoms with Crippen LogP contribution in [0, 0.1) is 13.8 Å². The Bertz CT molecular complexity index is 1440. The molecule has 0 spiro atoms. The van der Waals surface area contributed by atoms with Gasteiger partial charge in [-0.25, -0.2) is 0 Å². The number of hydrogen-bond donors (Lipinski definition) is 3. The third kappa shape index (κ3) is 8.57. The van der Waals surface area contributed by atoms with Gasteiger partial charge in [-0.15, -0.1) is 0 Å². The third-order valence-corrected chi connectivity index (χ3v) is 7.33.